The summed E-state index contributed by atoms with van der Waals surface area (Å²) < 4.78 is 10.5. The minimum absolute atomic E-state index is 0.0842. The first-order valence-corrected chi connectivity index (χ1v) is 8.95. The van der Waals surface area contributed by atoms with Crippen molar-refractivity contribution in [2.45, 2.75) is 12.5 Å². The van der Waals surface area contributed by atoms with Crippen molar-refractivity contribution in [1.29, 1.82) is 0 Å². The lowest BCUT2D eigenvalue weighted by Gasteiger charge is -2.19. The number of ether oxygens (including phenoxy) is 2. The molecule has 0 radical (unpaired) electrons. The number of carbonyl (C=O) groups is 2. The van der Waals surface area contributed by atoms with Gasteiger partial charge in [0.2, 0.25) is 5.91 Å². The number of benzene rings is 3. The van der Waals surface area contributed by atoms with Crippen molar-refractivity contribution in [2.24, 2.45) is 0 Å². The highest BCUT2D eigenvalue weighted by molar-refractivity contribution is 6.23. The minimum Gasteiger partial charge on any atom is -0.497 e. The second kappa shape index (κ2) is 7.23. The van der Waals surface area contributed by atoms with Gasteiger partial charge in [0.25, 0.3) is 5.91 Å². The molecule has 0 spiro atoms. The van der Waals surface area contributed by atoms with E-state index in [1.165, 1.54) is 12.0 Å². The lowest BCUT2D eigenvalue weighted by Crippen LogP contribution is -2.35. The molecule has 3 aromatic carbocycles. The number of nitrogens with one attached hydrogen (secondary N) is 1. The molecule has 6 heteroatoms. The molecule has 6 nitrogen and oxygen atoms in total. The van der Waals surface area contributed by atoms with E-state index in [0.29, 0.717) is 17.2 Å². The fraction of sp³-hybridized carbons (Fsp3) is 0.182. The summed E-state index contributed by atoms with van der Waals surface area (Å²) >= 11 is 0. The number of rotatable bonds is 5. The van der Waals surface area contributed by atoms with Gasteiger partial charge in [0, 0.05) is 11.8 Å². The molecule has 1 heterocycles. The van der Waals surface area contributed by atoms with E-state index in [1.807, 2.05) is 42.5 Å². The van der Waals surface area contributed by atoms with E-state index in [2.05, 4.69) is 5.32 Å². The average Bonchev–Trinajstić information content (AvgIpc) is 3.00. The number of amides is 2. The smallest absolute Gasteiger partial charge is 0.256 e. The summed E-state index contributed by atoms with van der Waals surface area (Å²) in [6, 6.07) is 18.2. The second-order valence-corrected chi connectivity index (χ2v) is 6.57. The predicted molar refractivity (Wildman–Crippen MR) is 108 cm³/mol. The van der Waals surface area contributed by atoms with Gasteiger partial charge in [-0.25, -0.2) is 4.90 Å². The van der Waals surface area contributed by atoms with Crippen LogP contribution in [0.3, 0.4) is 0 Å². The van der Waals surface area contributed by atoms with Crippen molar-refractivity contribution >= 4 is 34.0 Å². The molecule has 1 saturated heterocycles. The van der Waals surface area contributed by atoms with Crippen molar-refractivity contribution in [3.63, 3.8) is 0 Å². The van der Waals surface area contributed by atoms with Gasteiger partial charge >= 0.3 is 0 Å². The zero-order chi connectivity index (χ0) is 19.7. The normalized spacial score (nSPS) is 16.5. The molecule has 1 atom stereocenters. The Bertz CT molecular complexity index is 1060. The maximum Gasteiger partial charge on any atom is 0.256 e. The van der Waals surface area contributed by atoms with E-state index in [9.17, 15) is 9.59 Å². The van der Waals surface area contributed by atoms with Gasteiger partial charge in [-0.1, -0.05) is 30.3 Å². The van der Waals surface area contributed by atoms with Gasteiger partial charge in [0.05, 0.1) is 26.3 Å². The highest BCUT2D eigenvalue weighted by atomic mass is 16.5. The van der Waals surface area contributed by atoms with Gasteiger partial charge in [-0.05, 0) is 35.0 Å². The summed E-state index contributed by atoms with van der Waals surface area (Å²) in [5.74, 6) is 0.423. The lowest BCUT2D eigenvalue weighted by atomic mass is 10.1. The lowest BCUT2D eigenvalue weighted by molar-refractivity contribution is -0.121. The largest absolute Gasteiger partial charge is 0.497 e. The molecule has 4 rings (SSSR count). The zero-order valence-electron chi connectivity index (χ0n) is 15.6. The Morgan fingerprint density at radius 1 is 0.929 bits per heavy atom. The molecule has 1 aliphatic rings. The third-order valence-electron chi connectivity index (χ3n) is 4.86. The number of fused-ring (bicyclic) bond motifs is 1. The third-order valence-corrected chi connectivity index (χ3v) is 4.86. The van der Waals surface area contributed by atoms with Crippen LogP contribution in [-0.4, -0.2) is 32.1 Å². The van der Waals surface area contributed by atoms with Gasteiger partial charge in [-0.15, -0.1) is 0 Å². The topological polar surface area (TPSA) is 67.9 Å². The second-order valence-electron chi connectivity index (χ2n) is 6.57. The molecule has 2 amide bonds. The molecule has 0 aliphatic carbocycles. The number of anilines is 2. The number of hydrogen-bond acceptors (Lipinski definition) is 5. The summed E-state index contributed by atoms with van der Waals surface area (Å²) in [7, 11) is 3.04. The molecular formula is C22H20N2O4. The van der Waals surface area contributed by atoms with Crippen LogP contribution >= 0.6 is 0 Å². The van der Waals surface area contributed by atoms with E-state index in [0.717, 1.165) is 16.5 Å². The fourth-order valence-corrected chi connectivity index (χ4v) is 3.45. The van der Waals surface area contributed by atoms with Gasteiger partial charge in [-0.3, -0.25) is 9.59 Å². The van der Waals surface area contributed by atoms with Crippen LogP contribution in [0.5, 0.6) is 11.5 Å². The summed E-state index contributed by atoms with van der Waals surface area (Å²) in [6.07, 6.45) is 0.0842. The Labute approximate surface area is 162 Å². The maximum atomic E-state index is 13.0. The van der Waals surface area contributed by atoms with Gasteiger partial charge in [0.15, 0.2) is 0 Å². The number of hydrogen-bond donors (Lipinski definition) is 1. The van der Waals surface area contributed by atoms with Crippen molar-refractivity contribution in [2.75, 3.05) is 24.4 Å². The number of nitrogens with zero attached hydrogens (tertiary/aromatic N) is 1. The molecule has 0 saturated carbocycles. The van der Waals surface area contributed by atoms with Gasteiger partial charge < -0.3 is 14.8 Å². The number of imide groups is 1. The molecule has 1 aliphatic heterocycles. The van der Waals surface area contributed by atoms with E-state index < -0.39 is 6.04 Å². The summed E-state index contributed by atoms with van der Waals surface area (Å²) in [6.45, 7) is 0. The van der Waals surface area contributed by atoms with E-state index in [4.69, 9.17) is 9.47 Å². The molecular weight excluding hydrogens is 356 g/mol. The summed E-state index contributed by atoms with van der Waals surface area (Å²) in [4.78, 5) is 26.7. The first kappa shape index (κ1) is 17.9. The summed E-state index contributed by atoms with van der Waals surface area (Å²) in [5.41, 5.74) is 1.22. The van der Waals surface area contributed by atoms with Gasteiger partial charge in [0.1, 0.15) is 17.5 Å². The van der Waals surface area contributed by atoms with E-state index in [1.54, 1.807) is 25.3 Å². The van der Waals surface area contributed by atoms with Crippen LogP contribution in [-0.2, 0) is 9.59 Å². The molecule has 0 aromatic heterocycles. The van der Waals surface area contributed by atoms with Crippen molar-refractivity contribution in [1.82, 2.24) is 0 Å². The highest BCUT2D eigenvalue weighted by Crippen LogP contribution is 2.35. The van der Waals surface area contributed by atoms with Gasteiger partial charge in [-0.2, -0.15) is 0 Å². The fourth-order valence-electron chi connectivity index (χ4n) is 3.45. The Morgan fingerprint density at radius 3 is 2.46 bits per heavy atom. The monoisotopic (exact) mass is 376 g/mol. The van der Waals surface area contributed by atoms with Crippen LogP contribution in [0.1, 0.15) is 6.42 Å². The molecule has 0 bridgehead atoms. The Balaban J connectivity index is 1.60. The average molecular weight is 376 g/mol. The van der Waals surface area contributed by atoms with Crippen LogP contribution < -0.4 is 19.7 Å². The molecule has 1 N–H and O–H groups in total. The van der Waals surface area contributed by atoms with Crippen LogP contribution in [0.2, 0.25) is 0 Å². The quantitative estimate of drug-likeness (QED) is 0.689. The minimum atomic E-state index is -0.625. The van der Waals surface area contributed by atoms with Crippen LogP contribution in [0.25, 0.3) is 10.8 Å². The first-order chi connectivity index (χ1) is 13.6. The Morgan fingerprint density at radius 2 is 1.71 bits per heavy atom. The first-order valence-electron chi connectivity index (χ1n) is 8.95. The number of carbonyl (C=O) groups excluding carboxylic acids is 2. The highest BCUT2D eigenvalue weighted by Gasteiger charge is 2.40. The van der Waals surface area contributed by atoms with Crippen molar-refractivity contribution in [3.8, 4) is 11.5 Å². The van der Waals surface area contributed by atoms with Crippen LogP contribution in [0, 0.1) is 0 Å². The van der Waals surface area contributed by atoms with Crippen molar-refractivity contribution < 1.29 is 19.1 Å². The molecule has 142 valence electrons. The predicted octanol–water partition coefficient (Wildman–Crippen LogP) is 3.60. The maximum absolute atomic E-state index is 13.0. The van der Waals surface area contributed by atoms with Crippen molar-refractivity contribution in [3.05, 3.63) is 60.7 Å². The van der Waals surface area contributed by atoms with E-state index >= 15 is 0 Å². The molecule has 28 heavy (non-hydrogen) atoms. The molecule has 0 unspecified atom stereocenters. The number of methoxy groups -OCH3 is 2. The standard InChI is InChI=1S/C22H20N2O4/c1-27-17-9-10-19(20(12-17)28-2)24-21(25)13-18(22(24)26)23-16-8-7-14-5-3-4-6-15(14)11-16/h3-12,18,23H,13H2,1-2H3/t18-/m1/s1. The molecule has 3 aromatic rings. The third kappa shape index (κ3) is 3.13. The summed E-state index contributed by atoms with van der Waals surface area (Å²) in [5, 5.41) is 5.38. The molecule has 1 fully saturated rings. The van der Waals surface area contributed by atoms with Crippen LogP contribution in [0.4, 0.5) is 11.4 Å². The van der Waals surface area contributed by atoms with E-state index in [-0.39, 0.29) is 18.2 Å². The zero-order valence-corrected chi connectivity index (χ0v) is 15.6. The Hall–Kier alpha value is -3.54. The SMILES string of the molecule is COc1ccc(N2C(=O)C[C@@H](Nc3ccc4ccccc4c3)C2=O)c(OC)c1. The van der Waals surface area contributed by atoms with Crippen LogP contribution in [0.15, 0.2) is 60.7 Å². The Kier molecular flexibility index (Phi) is 4.61.